The van der Waals surface area contributed by atoms with E-state index in [0.717, 1.165) is 22.3 Å². The molecule has 0 aliphatic heterocycles. The largest absolute Gasteiger partial charge is 0.573 e. The molecule has 0 aliphatic rings. The highest BCUT2D eigenvalue weighted by Gasteiger charge is 2.31. The molecule has 154 valence electrons. The second-order valence-electron chi connectivity index (χ2n) is 6.26. The van der Waals surface area contributed by atoms with Gasteiger partial charge in [0.25, 0.3) is 0 Å². The summed E-state index contributed by atoms with van der Waals surface area (Å²) in [5, 5.41) is 10.2. The highest BCUT2D eigenvalue weighted by atomic mass is 19.4. The number of imidazole rings is 2. The standard InChI is InChI=1S/C19H14F3N5O3/c20-19(21,22)30-14-3-1-13(2-4-14)27-16(28)11-26(18(27)29)10-12-5-6-23-15(9-12)17-24-7-8-25-17/h1-9,11,28H,10H2,(H,24,25). The number of pyridine rings is 1. The molecule has 3 heterocycles. The van der Waals surface area contributed by atoms with E-state index in [9.17, 15) is 23.1 Å². The second kappa shape index (κ2) is 7.43. The van der Waals surface area contributed by atoms with Gasteiger partial charge in [-0.1, -0.05) is 0 Å². The summed E-state index contributed by atoms with van der Waals surface area (Å²) >= 11 is 0. The molecular formula is C19H14F3N5O3. The van der Waals surface area contributed by atoms with Crippen molar-refractivity contribution in [3.05, 3.63) is 77.2 Å². The maximum absolute atomic E-state index is 12.7. The number of benzene rings is 1. The first-order valence-corrected chi connectivity index (χ1v) is 8.62. The Labute approximate surface area is 166 Å². The zero-order valence-corrected chi connectivity index (χ0v) is 15.2. The van der Waals surface area contributed by atoms with Crippen LogP contribution in [0, 0.1) is 0 Å². The van der Waals surface area contributed by atoms with Crippen LogP contribution in [-0.2, 0) is 6.54 Å². The third-order valence-corrected chi connectivity index (χ3v) is 4.18. The zero-order chi connectivity index (χ0) is 21.3. The van der Waals surface area contributed by atoms with Crippen LogP contribution in [0.5, 0.6) is 11.6 Å². The molecule has 4 rings (SSSR count). The summed E-state index contributed by atoms with van der Waals surface area (Å²) in [7, 11) is 0. The lowest BCUT2D eigenvalue weighted by molar-refractivity contribution is -0.274. The molecule has 4 aromatic rings. The molecule has 1 aromatic carbocycles. The van der Waals surface area contributed by atoms with Gasteiger partial charge in [-0.25, -0.2) is 14.3 Å². The number of ether oxygens (including phenoxy) is 1. The summed E-state index contributed by atoms with van der Waals surface area (Å²) < 4.78 is 42.9. The number of halogens is 3. The first-order chi connectivity index (χ1) is 14.3. The van der Waals surface area contributed by atoms with Crippen molar-refractivity contribution in [3.8, 4) is 28.8 Å². The molecule has 8 nitrogen and oxygen atoms in total. The zero-order valence-electron chi connectivity index (χ0n) is 15.2. The predicted molar refractivity (Wildman–Crippen MR) is 99.3 cm³/mol. The molecule has 3 aromatic heterocycles. The van der Waals surface area contributed by atoms with Crippen LogP contribution in [0.3, 0.4) is 0 Å². The first-order valence-electron chi connectivity index (χ1n) is 8.62. The lowest BCUT2D eigenvalue weighted by Gasteiger charge is -2.09. The summed E-state index contributed by atoms with van der Waals surface area (Å²) in [6.45, 7) is 0.144. The maximum Gasteiger partial charge on any atom is 0.573 e. The lowest BCUT2D eigenvalue weighted by atomic mass is 10.2. The number of nitrogens with zero attached hydrogens (tertiary/aromatic N) is 4. The van der Waals surface area contributed by atoms with E-state index in [2.05, 4.69) is 19.7 Å². The van der Waals surface area contributed by atoms with Crippen molar-refractivity contribution in [1.29, 1.82) is 0 Å². The highest BCUT2D eigenvalue weighted by Crippen LogP contribution is 2.24. The Morgan fingerprint density at radius 2 is 1.87 bits per heavy atom. The summed E-state index contributed by atoms with van der Waals surface area (Å²) in [4.78, 5) is 24.0. The van der Waals surface area contributed by atoms with Gasteiger partial charge in [-0.15, -0.1) is 13.2 Å². The Morgan fingerprint density at radius 3 is 2.53 bits per heavy atom. The number of alkyl halides is 3. The van der Waals surface area contributed by atoms with Crippen LogP contribution in [0.4, 0.5) is 13.2 Å². The summed E-state index contributed by atoms with van der Waals surface area (Å²) in [6.07, 6.45) is 1.27. The van der Waals surface area contributed by atoms with Crippen molar-refractivity contribution < 1.29 is 23.0 Å². The van der Waals surface area contributed by atoms with Crippen LogP contribution in [0.1, 0.15) is 5.56 Å². The van der Waals surface area contributed by atoms with Crippen molar-refractivity contribution in [1.82, 2.24) is 24.1 Å². The summed E-state index contributed by atoms with van der Waals surface area (Å²) in [5.74, 6) is -0.212. The molecule has 2 N–H and O–H groups in total. The Bertz CT molecular complexity index is 1210. The third kappa shape index (κ3) is 4.04. The van der Waals surface area contributed by atoms with E-state index >= 15 is 0 Å². The molecule has 0 atom stereocenters. The molecule has 0 saturated heterocycles. The highest BCUT2D eigenvalue weighted by molar-refractivity contribution is 5.49. The number of rotatable bonds is 5. The molecule has 0 aliphatic carbocycles. The van der Waals surface area contributed by atoms with Crippen molar-refractivity contribution in [2.45, 2.75) is 12.9 Å². The molecule has 0 spiro atoms. The number of aromatic hydroxyl groups is 1. The van der Waals surface area contributed by atoms with Gasteiger partial charge in [-0.3, -0.25) is 9.55 Å². The molecule has 0 fully saturated rings. The van der Waals surface area contributed by atoms with Gasteiger partial charge >= 0.3 is 12.1 Å². The molecule has 0 unspecified atom stereocenters. The van der Waals surface area contributed by atoms with Crippen LogP contribution < -0.4 is 10.4 Å². The average molecular weight is 417 g/mol. The van der Waals surface area contributed by atoms with Gasteiger partial charge in [0, 0.05) is 18.6 Å². The quantitative estimate of drug-likeness (QED) is 0.520. The Hall–Kier alpha value is -4.02. The first kappa shape index (κ1) is 19.3. The monoisotopic (exact) mass is 417 g/mol. The third-order valence-electron chi connectivity index (χ3n) is 4.18. The molecule has 0 bridgehead atoms. The number of aromatic nitrogens is 5. The van der Waals surface area contributed by atoms with Gasteiger partial charge < -0.3 is 14.8 Å². The Kier molecular flexibility index (Phi) is 4.78. The molecule has 30 heavy (non-hydrogen) atoms. The van der Waals surface area contributed by atoms with E-state index in [1.165, 1.54) is 22.9 Å². The van der Waals surface area contributed by atoms with E-state index in [-0.39, 0.29) is 18.1 Å². The molecule has 0 amide bonds. The Morgan fingerprint density at radius 1 is 1.10 bits per heavy atom. The number of nitrogens with one attached hydrogen (secondary N) is 1. The van der Waals surface area contributed by atoms with Crippen LogP contribution >= 0.6 is 0 Å². The van der Waals surface area contributed by atoms with E-state index in [4.69, 9.17) is 0 Å². The van der Waals surface area contributed by atoms with E-state index in [1.54, 1.807) is 30.7 Å². The topological polar surface area (TPSA) is 98.0 Å². The van der Waals surface area contributed by atoms with Crippen LogP contribution in [0.25, 0.3) is 17.2 Å². The normalized spacial score (nSPS) is 11.6. The SMILES string of the molecule is O=c1n(Cc2ccnc(-c3ncc[nH]3)c2)cc(O)n1-c1ccc(OC(F)(F)F)cc1. The smallest absolute Gasteiger partial charge is 0.493 e. The molecular weight excluding hydrogens is 403 g/mol. The number of H-pyrrole nitrogens is 1. The fourth-order valence-corrected chi connectivity index (χ4v) is 2.94. The van der Waals surface area contributed by atoms with Crippen molar-refractivity contribution in [3.63, 3.8) is 0 Å². The molecule has 0 radical (unpaired) electrons. The van der Waals surface area contributed by atoms with E-state index in [1.807, 2.05) is 0 Å². The van der Waals surface area contributed by atoms with Crippen molar-refractivity contribution in [2.75, 3.05) is 0 Å². The minimum absolute atomic E-state index is 0.144. The number of aromatic amines is 1. The van der Waals surface area contributed by atoms with Gasteiger partial charge in [-0.2, -0.15) is 0 Å². The number of hydrogen-bond donors (Lipinski definition) is 2. The van der Waals surface area contributed by atoms with Gasteiger partial charge in [0.2, 0.25) is 5.88 Å². The van der Waals surface area contributed by atoms with Gasteiger partial charge in [0.15, 0.2) is 5.82 Å². The predicted octanol–water partition coefficient (Wildman–Crippen LogP) is 3.08. The van der Waals surface area contributed by atoms with Gasteiger partial charge in [0.05, 0.1) is 18.4 Å². The molecule has 11 heteroatoms. The lowest BCUT2D eigenvalue weighted by Crippen LogP contribution is -2.23. The fourth-order valence-electron chi connectivity index (χ4n) is 2.94. The number of hydrogen-bond acceptors (Lipinski definition) is 5. The summed E-state index contributed by atoms with van der Waals surface area (Å²) in [5.41, 5.74) is 0.962. The minimum Gasteiger partial charge on any atom is -0.493 e. The average Bonchev–Trinajstić information content (AvgIpc) is 3.31. The minimum atomic E-state index is -4.82. The van der Waals surface area contributed by atoms with Gasteiger partial charge in [0.1, 0.15) is 11.4 Å². The van der Waals surface area contributed by atoms with Crippen molar-refractivity contribution >= 4 is 0 Å². The Balaban J connectivity index is 1.60. The van der Waals surface area contributed by atoms with E-state index in [0.29, 0.717) is 11.5 Å². The maximum atomic E-state index is 12.7. The van der Waals surface area contributed by atoms with Crippen molar-refractivity contribution in [2.24, 2.45) is 0 Å². The fraction of sp³-hybridized carbons (Fsp3) is 0.105. The summed E-state index contributed by atoms with van der Waals surface area (Å²) in [6, 6.07) is 8.08. The van der Waals surface area contributed by atoms with E-state index < -0.39 is 17.8 Å². The van der Waals surface area contributed by atoms with Gasteiger partial charge in [-0.05, 0) is 42.0 Å². The molecule has 0 saturated carbocycles. The van der Waals surface area contributed by atoms with Crippen LogP contribution in [0.15, 0.2) is 66.0 Å². The second-order valence-corrected chi connectivity index (χ2v) is 6.26. The van der Waals surface area contributed by atoms with Crippen LogP contribution in [-0.4, -0.2) is 35.6 Å². The van der Waals surface area contributed by atoms with Crippen LogP contribution in [0.2, 0.25) is 0 Å².